The van der Waals surface area contributed by atoms with Gasteiger partial charge in [-0.25, -0.2) is 0 Å². The second-order valence-corrected chi connectivity index (χ2v) is 7.00. The summed E-state index contributed by atoms with van der Waals surface area (Å²) >= 11 is 0. The van der Waals surface area contributed by atoms with Crippen molar-refractivity contribution < 1.29 is 14.3 Å². The summed E-state index contributed by atoms with van der Waals surface area (Å²) in [5.41, 5.74) is 2.18. The summed E-state index contributed by atoms with van der Waals surface area (Å²) in [5, 5.41) is 3.26. The highest BCUT2D eigenvalue weighted by Gasteiger charge is 2.29. The quantitative estimate of drug-likeness (QED) is 0.734. The van der Waals surface area contributed by atoms with Crippen molar-refractivity contribution >= 4 is 5.91 Å². The van der Waals surface area contributed by atoms with E-state index in [-0.39, 0.29) is 18.2 Å². The molecule has 0 radical (unpaired) electrons. The summed E-state index contributed by atoms with van der Waals surface area (Å²) in [6.07, 6.45) is 5.47. The smallest absolute Gasteiger partial charge is 0.242 e. The molecule has 1 aliphatic rings. The molecule has 1 atom stereocenters. The maximum absolute atomic E-state index is 13.1. The van der Waals surface area contributed by atoms with Crippen molar-refractivity contribution in [1.29, 1.82) is 0 Å². The maximum atomic E-state index is 13.1. The molecule has 1 N–H and O–H groups in total. The molecule has 0 spiro atoms. The van der Waals surface area contributed by atoms with Crippen LogP contribution in [0.2, 0.25) is 0 Å². The van der Waals surface area contributed by atoms with Gasteiger partial charge in [-0.15, -0.1) is 0 Å². The van der Waals surface area contributed by atoms with Gasteiger partial charge >= 0.3 is 0 Å². The molecule has 0 saturated heterocycles. The second-order valence-electron chi connectivity index (χ2n) is 7.00. The molecule has 0 bridgehead atoms. The first-order chi connectivity index (χ1) is 12.0. The van der Waals surface area contributed by atoms with E-state index in [9.17, 15) is 4.79 Å². The van der Waals surface area contributed by atoms with Gasteiger partial charge in [-0.2, -0.15) is 0 Å². The van der Waals surface area contributed by atoms with E-state index >= 15 is 0 Å². The molecule has 1 aromatic carbocycles. The molecule has 1 unspecified atom stereocenters. The zero-order valence-electron chi connectivity index (χ0n) is 16.0. The Morgan fingerprint density at radius 2 is 1.76 bits per heavy atom. The van der Waals surface area contributed by atoms with Crippen molar-refractivity contribution in [2.24, 2.45) is 0 Å². The number of hydrogen-bond donors (Lipinski definition) is 1. The van der Waals surface area contributed by atoms with Crippen LogP contribution in [0.4, 0.5) is 0 Å². The predicted octanol–water partition coefficient (Wildman–Crippen LogP) is 3.04. The van der Waals surface area contributed by atoms with Crippen LogP contribution in [0.3, 0.4) is 0 Å². The van der Waals surface area contributed by atoms with E-state index in [0.717, 1.165) is 18.4 Å². The first-order valence-corrected chi connectivity index (χ1v) is 9.18. The van der Waals surface area contributed by atoms with Crippen LogP contribution in [-0.4, -0.2) is 51.0 Å². The van der Waals surface area contributed by atoms with Crippen molar-refractivity contribution in [3.63, 3.8) is 0 Å². The highest BCUT2D eigenvalue weighted by atomic mass is 16.7. The third kappa shape index (κ3) is 5.80. The van der Waals surface area contributed by atoms with Crippen molar-refractivity contribution in [3.8, 4) is 0 Å². The van der Waals surface area contributed by atoms with Crippen molar-refractivity contribution in [2.75, 3.05) is 27.8 Å². The van der Waals surface area contributed by atoms with Crippen molar-refractivity contribution in [1.82, 2.24) is 10.2 Å². The molecule has 1 amide bonds. The zero-order valence-corrected chi connectivity index (χ0v) is 16.0. The number of likely N-dealkylation sites (N-methyl/N-ethyl adjacent to an activating group) is 1. The van der Waals surface area contributed by atoms with Crippen LogP contribution in [0.15, 0.2) is 24.3 Å². The molecule has 5 heteroatoms. The Morgan fingerprint density at radius 1 is 1.16 bits per heavy atom. The zero-order chi connectivity index (χ0) is 18.2. The number of carbonyl (C=O) groups is 1. The normalized spacial score (nSPS) is 17.0. The van der Waals surface area contributed by atoms with Gasteiger partial charge in [0.2, 0.25) is 5.91 Å². The minimum atomic E-state index is -0.361. The lowest BCUT2D eigenvalue weighted by Crippen LogP contribution is -2.46. The Bertz CT molecular complexity index is 522. The van der Waals surface area contributed by atoms with Crippen LogP contribution in [0, 0.1) is 6.92 Å². The van der Waals surface area contributed by atoms with Crippen LogP contribution in [0.5, 0.6) is 0 Å². The van der Waals surface area contributed by atoms with Gasteiger partial charge in [-0.05, 0) is 32.4 Å². The highest BCUT2D eigenvalue weighted by Crippen LogP contribution is 2.23. The molecule has 0 aromatic heterocycles. The minimum absolute atomic E-state index is 0.0595. The van der Waals surface area contributed by atoms with Crippen LogP contribution in [0.25, 0.3) is 0 Å². The summed E-state index contributed by atoms with van der Waals surface area (Å²) < 4.78 is 10.6. The summed E-state index contributed by atoms with van der Waals surface area (Å²) in [6.45, 7) is 2.57. The molecular formula is C20H32N2O3. The maximum Gasteiger partial charge on any atom is 0.242 e. The topological polar surface area (TPSA) is 50.8 Å². The SMILES string of the molecule is COC(CN(C)C(C(=O)NC1CCCCC1)c1ccc(C)cc1)OC. The number of nitrogens with zero attached hydrogens (tertiary/aromatic N) is 1. The molecule has 140 valence electrons. The number of amides is 1. The number of carbonyl (C=O) groups excluding carboxylic acids is 1. The van der Waals surface area contributed by atoms with Gasteiger partial charge in [0, 0.05) is 20.3 Å². The molecule has 1 aliphatic carbocycles. The fourth-order valence-electron chi connectivity index (χ4n) is 3.47. The molecule has 1 saturated carbocycles. The second kappa shape index (κ2) is 9.90. The van der Waals surface area contributed by atoms with Crippen LogP contribution < -0.4 is 5.32 Å². The molecule has 5 nitrogen and oxygen atoms in total. The summed E-state index contributed by atoms with van der Waals surface area (Å²) in [4.78, 5) is 15.1. The van der Waals surface area contributed by atoms with E-state index < -0.39 is 0 Å². The van der Waals surface area contributed by atoms with Crippen molar-refractivity contribution in [3.05, 3.63) is 35.4 Å². The Labute approximate surface area is 151 Å². The average Bonchev–Trinajstić information content (AvgIpc) is 2.62. The number of hydrogen-bond acceptors (Lipinski definition) is 4. The lowest BCUT2D eigenvalue weighted by atomic mass is 9.94. The van der Waals surface area contributed by atoms with Crippen molar-refractivity contribution in [2.45, 2.75) is 57.4 Å². The summed E-state index contributed by atoms with van der Waals surface area (Å²) in [6, 6.07) is 8.11. The van der Waals surface area contributed by atoms with Gasteiger partial charge in [0.05, 0.1) is 6.54 Å². The van der Waals surface area contributed by atoms with Crippen LogP contribution in [0.1, 0.15) is 49.3 Å². The van der Waals surface area contributed by atoms with E-state index in [0.29, 0.717) is 12.6 Å². The van der Waals surface area contributed by atoms with Crippen LogP contribution in [-0.2, 0) is 14.3 Å². The fourth-order valence-corrected chi connectivity index (χ4v) is 3.47. The lowest BCUT2D eigenvalue weighted by molar-refractivity contribution is -0.135. The third-order valence-electron chi connectivity index (χ3n) is 5.00. The standard InChI is InChI=1S/C20H32N2O3/c1-15-10-12-16(13-11-15)19(22(2)14-18(24-3)25-4)20(23)21-17-8-6-5-7-9-17/h10-13,17-19H,5-9,14H2,1-4H3,(H,21,23). The minimum Gasteiger partial charge on any atom is -0.355 e. The van der Waals surface area contributed by atoms with Gasteiger partial charge in [-0.3, -0.25) is 9.69 Å². The van der Waals surface area contributed by atoms with E-state index in [2.05, 4.69) is 12.2 Å². The Morgan fingerprint density at radius 3 is 2.32 bits per heavy atom. The number of nitrogens with one attached hydrogen (secondary N) is 1. The number of rotatable bonds is 8. The predicted molar refractivity (Wildman–Crippen MR) is 99.4 cm³/mol. The van der Waals surface area contributed by atoms with Gasteiger partial charge in [-0.1, -0.05) is 49.1 Å². The van der Waals surface area contributed by atoms with E-state index in [1.54, 1.807) is 14.2 Å². The Hall–Kier alpha value is -1.43. The average molecular weight is 348 g/mol. The Kier molecular flexibility index (Phi) is 7.88. The fraction of sp³-hybridized carbons (Fsp3) is 0.650. The molecular weight excluding hydrogens is 316 g/mol. The van der Waals surface area contributed by atoms with Gasteiger partial charge in [0.15, 0.2) is 6.29 Å². The molecule has 25 heavy (non-hydrogen) atoms. The molecule has 0 aliphatic heterocycles. The first-order valence-electron chi connectivity index (χ1n) is 9.18. The van der Waals surface area contributed by atoms with E-state index in [4.69, 9.17) is 9.47 Å². The molecule has 1 fully saturated rings. The number of ether oxygens (including phenoxy) is 2. The monoisotopic (exact) mass is 348 g/mol. The largest absolute Gasteiger partial charge is 0.355 e. The molecule has 2 rings (SSSR count). The highest BCUT2D eigenvalue weighted by molar-refractivity contribution is 5.83. The first kappa shape index (κ1) is 19.9. The van der Waals surface area contributed by atoms with E-state index in [1.165, 1.54) is 24.8 Å². The number of benzene rings is 1. The lowest BCUT2D eigenvalue weighted by Gasteiger charge is -2.32. The van der Waals surface area contributed by atoms with Crippen LogP contribution >= 0.6 is 0 Å². The van der Waals surface area contributed by atoms with Gasteiger partial charge in [0.1, 0.15) is 6.04 Å². The molecule has 0 heterocycles. The summed E-state index contributed by atoms with van der Waals surface area (Å²) in [7, 11) is 5.17. The number of methoxy groups -OCH3 is 2. The van der Waals surface area contributed by atoms with E-state index in [1.807, 2.05) is 36.2 Å². The Balaban J connectivity index is 2.15. The molecule has 1 aromatic rings. The van der Waals surface area contributed by atoms with Gasteiger partial charge < -0.3 is 14.8 Å². The number of aryl methyl sites for hydroxylation is 1. The third-order valence-corrected chi connectivity index (χ3v) is 5.00. The van der Waals surface area contributed by atoms with Gasteiger partial charge in [0.25, 0.3) is 0 Å². The summed E-state index contributed by atoms with van der Waals surface area (Å²) in [5.74, 6) is 0.0595.